The molecule has 0 heterocycles. The van der Waals surface area contributed by atoms with E-state index < -0.39 is 28.0 Å². The zero-order valence-electron chi connectivity index (χ0n) is 14.4. The highest BCUT2D eigenvalue weighted by atomic mass is 32.2. The van der Waals surface area contributed by atoms with Crippen LogP contribution in [0.5, 0.6) is 0 Å². The number of hydrogen-bond donors (Lipinski definition) is 2. The standard InChI is InChI=1S/C18H20N2O5S/c1-13(17(21)20-12-14-7-4-3-5-8-14)25-18(22)15-9-6-10-16(11-15)26(23,24)19-2/h3-11,13,19H,12H2,1-2H3,(H,20,21)/t13-/m1/s1. The highest BCUT2D eigenvalue weighted by molar-refractivity contribution is 7.89. The second-order valence-corrected chi connectivity index (χ2v) is 7.37. The van der Waals surface area contributed by atoms with Gasteiger partial charge in [0.05, 0.1) is 10.5 Å². The molecule has 0 unspecified atom stereocenters. The third-order valence-electron chi connectivity index (χ3n) is 3.61. The summed E-state index contributed by atoms with van der Waals surface area (Å²) in [7, 11) is -2.40. The molecule has 0 saturated heterocycles. The molecule has 0 aliphatic heterocycles. The lowest BCUT2D eigenvalue weighted by Crippen LogP contribution is -2.35. The summed E-state index contributed by atoms with van der Waals surface area (Å²) in [4.78, 5) is 24.2. The fourth-order valence-corrected chi connectivity index (χ4v) is 2.89. The lowest BCUT2D eigenvalue weighted by atomic mass is 10.2. The van der Waals surface area contributed by atoms with Crippen LogP contribution in [0.1, 0.15) is 22.8 Å². The SMILES string of the molecule is CNS(=O)(=O)c1cccc(C(=O)O[C@H](C)C(=O)NCc2ccccc2)c1. The van der Waals surface area contributed by atoms with Crippen molar-refractivity contribution >= 4 is 21.9 Å². The lowest BCUT2D eigenvalue weighted by Gasteiger charge is -2.14. The number of benzene rings is 2. The van der Waals surface area contributed by atoms with Gasteiger partial charge in [0.15, 0.2) is 6.10 Å². The molecule has 0 aromatic heterocycles. The van der Waals surface area contributed by atoms with Crippen LogP contribution in [0.2, 0.25) is 0 Å². The van der Waals surface area contributed by atoms with Crippen molar-refractivity contribution in [2.45, 2.75) is 24.5 Å². The largest absolute Gasteiger partial charge is 0.449 e. The third-order valence-corrected chi connectivity index (χ3v) is 5.02. The number of carbonyl (C=O) groups is 2. The minimum Gasteiger partial charge on any atom is -0.449 e. The maximum Gasteiger partial charge on any atom is 0.338 e. The molecule has 2 aromatic rings. The summed E-state index contributed by atoms with van der Waals surface area (Å²) in [5.74, 6) is -1.22. The molecule has 7 nitrogen and oxygen atoms in total. The second-order valence-electron chi connectivity index (χ2n) is 5.49. The molecule has 138 valence electrons. The third kappa shape index (κ3) is 5.14. The van der Waals surface area contributed by atoms with Crippen LogP contribution in [0.25, 0.3) is 0 Å². The van der Waals surface area contributed by atoms with Crippen LogP contribution in [0.3, 0.4) is 0 Å². The van der Waals surface area contributed by atoms with Gasteiger partial charge in [0.2, 0.25) is 10.0 Å². The molecule has 0 bridgehead atoms. The molecule has 2 aromatic carbocycles. The van der Waals surface area contributed by atoms with Crippen molar-refractivity contribution in [1.29, 1.82) is 0 Å². The topological polar surface area (TPSA) is 102 Å². The van der Waals surface area contributed by atoms with Gasteiger partial charge in [-0.05, 0) is 37.7 Å². The van der Waals surface area contributed by atoms with Crippen molar-refractivity contribution in [3.63, 3.8) is 0 Å². The van der Waals surface area contributed by atoms with Crippen molar-refractivity contribution in [1.82, 2.24) is 10.0 Å². The van der Waals surface area contributed by atoms with E-state index in [2.05, 4.69) is 10.0 Å². The lowest BCUT2D eigenvalue weighted by molar-refractivity contribution is -0.129. The maximum atomic E-state index is 12.2. The van der Waals surface area contributed by atoms with Crippen molar-refractivity contribution < 1.29 is 22.7 Å². The fraction of sp³-hybridized carbons (Fsp3) is 0.222. The van der Waals surface area contributed by atoms with Crippen molar-refractivity contribution in [2.24, 2.45) is 0 Å². The molecule has 1 atom stereocenters. The van der Waals surface area contributed by atoms with Gasteiger partial charge in [-0.1, -0.05) is 36.4 Å². The zero-order chi connectivity index (χ0) is 19.2. The Morgan fingerprint density at radius 1 is 1.08 bits per heavy atom. The number of hydrogen-bond acceptors (Lipinski definition) is 5. The fourth-order valence-electron chi connectivity index (χ4n) is 2.12. The van der Waals surface area contributed by atoms with Crippen LogP contribution < -0.4 is 10.0 Å². The van der Waals surface area contributed by atoms with Gasteiger partial charge < -0.3 is 10.1 Å². The first-order chi connectivity index (χ1) is 12.3. The molecule has 0 spiro atoms. The molecule has 8 heteroatoms. The Balaban J connectivity index is 1.98. The molecule has 26 heavy (non-hydrogen) atoms. The van der Waals surface area contributed by atoms with Gasteiger partial charge in [0.25, 0.3) is 5.91 Å². The van der Waals surface area contributed by atoms with E-state index >= 15 is 0 Å². The van der Waals surface area contributed by atoms with Crippen LogP contribution in [0, 0.1) is 0 Å². The van der Waals surface area contributed by atoms with Crippen molar-refractivity contribution in [2.75, 3.05) is 7.05 Å². The Bertz CT molecular complexity index is 881. The van der Waals surface area contributed by atoms with Crippen LogP contribution in [0.4, 0.5) is 0 Å². The maximum absolute atomic E-state index is 12.2. The van der Waals surface area contributed by atoms with Gasteiger partial charge >= 0.3 is 5.97 Å². The Kier molecular flexibility index (Phi) is 6.48. The van der Waals surface area contributed by atoms with E-state index in [1.807, 2.05) is 30.3 Å². The van der Waals surface area contributed by atoms with Crippen molar-refractivity contribution in [3.8, 4) is 0 Å². The van der Waals surface area contributed by atoms with Gasteiger partial charge in [0.1, 0.15) is 0 Å². The summed E-state index contributed by atoms with van der Waals surface area (Å²) in [6, 6.07) is 14.7. The minimum atomic E-state index is -3.68. The number of sulfonamides is 1. The van der Waals surface area contributed by atoms with E-state index in [1.54, 1.807) is 0 Å². The summed E-state index contributed by atoms with van der Waals surface area (Å²) in [5.41, 5.74) is 0.966. The summed E-state index contributed by atoms with van der Waals surface area (Å²) in [6.07, 6.45) is -1.02. The van der Waals surface area contributed by atoms with E-state index in [0.717, 1.165) is 5.56 Å². The van der Waals surface area contributed by atoms with E-state index in [9.17, 15) is 18.0 Å². The zero-order valence-corrected chi connectivity index (χ0v) is 15.2. The molecular formula is C18H20N2O5S. The normalized spacial score (nSPS) is 12.2. The molecule has 2 rings (SSSR count). The number of carbonyl (C=O) groups excluding carboxylic acids is 2. The van der Waals surface area contributed by atoms with Crippen LogP contribution in [-0.4, -0.2) is 33.4 Å². The highest BCUT2D eigenvalue weighted by Gasteiger charge is 2.20. The van der Waals surface area contributed by atoms with Crippen LogP contribution in [-0.2, 0) is 26.1 Å². The molecule has 0 saturated carbocycles. The number of rotatable bonds is 7. The number of nitrogens with one attached hydrogen (secondary N) is 2. The van der Waals surface area contributed by atoms with Gasteiger partial charge in [-0.2, -0.15) is 0 Å². The van der Waals surface area contributed by atoms with Gasteiger partial charge in [-0.25, -0.2) is 17.9 Å². The van der Waals surface area contributed by atoms with Crippen LogP contribution in [0.15, 0.2) is 59.5 Å². The molecular weight excluding hydrogens is 356 g/mol. The average Bonchev–Trinajstić information content (AvgIpc) is 2.66. The van der Waals surface area contributed by atoms with Gasteiger partial charge in [-0.15, -0.1) is 0 Å². The Morgan fingerprint density at radius 2 is 1.77 bits per heavy atom. The van der Waals surface area contributed by atoms with E-state index in [-0.39, 0.29) is 10.5 Å². The van der Waals surface area contributed by atoms with E-state index in [0.29, 0.717) is 6.54 Å². The number of esters is 1. The first-order valence-corrected chi connectivity index (χ1v) is 9.38. The predicted molar refractivity (Wildman–Crippen MR) is 95.9 cm³/mol. The summed E-state index contributed by atoms with van der Waals surface area (Å²) < 4.78 is 30.9. The highest BCUT2D eigenvalue weighted by Crippen LogP contribution is 2.13. The Hall–Kier alpha value is -2.71. The number of amides is 1. The molecule has 2 N–H and O–H groups in total. The predicted octanol–water partition coefficient (Wildman–Crippen LogP) is 1.46. The van der Waals surface area contributed by atoms with Crippen molar-refractivity contribution in [3.05, 3.63) is 65.7 Å². The Morgan fingerprint density at radius 3 is 2.42 bits per heavy atom. The molecule has 0 aliphatic rings. The van der Waals surface area contributed by atoms with E-state index in [4.69, 9.17) is 4.74 Å². The number of ether oxygens (including phenoxy) is 1. The monoisotopic (exact) mass is 376 g/mol. The molecule has 0 fully saturated rings. The van der Waals surface area contributed by atoms with E-state index in [1.165, 1.54) is 38.2 Å². The quantitative estimate of drug-likeness (QED) is 0.713. The first kappa shape index (κ1) is 19.6. The summed E-state index contributed by atoms with van der Waals surface area (Å²) in [5, 5.41) is 2.68. The molecule has 1 amide bonds. The first-order valence-electron chi connectivity index (χ1n) is 7.89. The van der Waals surface area contributed by atoms with Gasteiger partial charge in [-0.3, -0.25) is 4.79 Å². The minimum absolute atomic E-state index is 0.0454. The Labute approximate surface area is 152 Å². The average molecular weight is 376 g/mol. The van der Waals surface area contributed by atoms with Gasteiger partial charge in [0, 0.05) is 6.54 Å². The smallest absolute Gasteiger partial charge is 0.338 e. The summed E-state index contributed by atoms with van der Waals surface area (Å²) >= 11 is 0. The molecule has 0 radical (unpaired) electrons. The van der Waals surface area contributed by atoms with Crippen LogP contribution >= 0.6 is 0 Å². The summed E-state index contributed by atoms with van der Waals surface area (Å²) in [6.45, 7) is 1.77. The second kappa shape index (κ2) is 8.59. The molecule has 0 aliphatic carbocycles.